The summed E-state index contributed by atoms with van der Waals surface area (Å²) in [5.41, 5.74) is 4.69. The highest BCUT2D eigenvalue weighted by molar-refractivity contribution is 5.94. The van der Waals surface area contributed by atoms with Gasteiger partial charge < -0.3 is 0 Å². The molecule has 1 heteroatoms. The Morgan fingerprint density at radius 1 is 0.875 bits per heavy atom. The molecule has 0 aliphatic carbocycles. The lowest BCUT2D eigenvalue weighted by Gasteiger charge is -2.04. The van der Waals surface area contributed by atoms with Crippen molar-refractivity contribution in [2.24, 2.45) is 0 Å². The van der Waals surface area contributed by atoms with E-state index in [1.54, 1.807) is 0 Å². The first-order chi connectivity index (χ1) is 7.74. The number of hydrogen-bond donors (Lipinski definition) is 0. The van der Waals surface area contributed by atoms with Crippen LogP contribution in [0.15, 0.2) is 42.5 Å². The van der Waals surface area contributed by atoms with Crippen molar-refractivity contribution in [1.82, 2.24) is 4.98 Å². The molecule has 0 aliphatic heterocycles. The first-order valence-electron chi connectivity index (χ1n) is 5.51. The zero-order valence-corrected chi connectivity index (χ0v) is 9.49. The zero-order chi connectivity index (χ0) is 11.1. The average molecular weight is 207 g/mol. The summed E-state index contributed by atoms with van der Waals surface area (Å²) >= 11 is 0. The van der Waals surface area contributed by atoms with Gasteiger partial charge in [0, 0.05) is 10.8 Å². The smallest absolute Gasteiger partial charge is 0.0738 e. The number of pyridine rings is 1. The van der Waals surface area contributed by atoms with Crippen LogP contribution in [0.25, 0.3) is 21.8 Å². The van der Waals surface area contributed by atoms with Gasteiger partial charge >= 0.3 is 0 Å². The molecule has 0 saturated carbocycles. The lowest BCUT2D eigenvalue weighted by Crippen LogP contribution is -1.86. The van der Waals surface area contributed by atoms with Crippen molar-refractivity contribution < 1.29 is 0 Å². The number of nitrogens with zero attached hydrogens (tertiary/aromatic N) is 1. The van der Waals surface area contributed by atoms with Crippen molar-refractivity contribution in [2.45, 2.75) is 13.8 Å². The summed E-state index contributed by atoms with van der Waals surface area (Å²) < 4.78 is 0. The van der Waals surface area contributed by atoms with Crippen LogP contribution in [0.5, 0.6) is 0 Å². The van der Waals surface area contributed by atoms with E-state index < -0.39 is 0 Å². The van der Waals surface area contributed by atoms with Crippen LogP contribution in [0.1, 0.15) is 11.1 Å². The number of para-hydroxylation sites is 1. The summed E-state index contributed by atoms with van der Waals surface area (Å²) in [6, 6.07) is 14.9. The molecule has 0 aliphatic rings. The second kappa shape index (κ2) is 3.31. The minimum Gasteiger partial charge on any atom is -0.248 e. The molecule has 3 rings (SSSR count). The van der Waals surface area contributed by atoms with Crippen molar-refractivity contribution >= 4 is 21.8 Å². The van der Waals surface area contributed by atoms with E-state index in [-0.39, 0.29) is 0 Å². The van der Waals surface area contributed by atoms with Crippen LogP contribution in [-0.4, -0.2) is 4.98 Å². The molecule has 0 fully saturated rings. The van der Waals surface area contributed by atoms with Crippen LogP contribution in [0.2, 0.25) is 0 Å². The molecule has 3 aromatic rings. The predicted octanol–water partition coefficient (Wildman–Crippen LogP) is 4.00. The molecule has 16 heavy (non-hydrogen) atoms. The van der Waals surface area contributed by atoms with Crippen LogP contribution in [-0.2, 0) is 0 Å². The number of benzene rings is 2. The Balaban J connectivity index is 2.49. The Bertz CT molecular complexity index is 683. The van der Waals surface area contributed by atoms with Gasteiger partial charge in [-0.3, -0.25) is 0 Å². The third-order valence-electron chi connectivity index (χ3n) is 3.00. The topological polar surface area (TPSA) is 12.9 Å². The molecule has 78 valence electrons. The maximum atomic E-state index is 4.74. The molecule has 1 nitrogen and oxygen atoms in total. The van der Waals surface area contributed by atoms with Gasteiger partial charge in [0.05, 0.1) is 11.0 Å². The minimum absolute atomic E-state index is 1.09. The van der Waals surface area contributed by atoms with Gasteiger partial charge in [0.25, 0.3) is 0 Å². The molecule has 0 saturated heterocycles. The lowest BCUT2D eigenvalue weighted by molar-refractivity contribution is 1.40. The van der Waals surface area contributed by atoms with Crippen LogP contribution >= 0.6 is 0 Å². The number of fused-ring (bicyclic) bond motifs is 2. The minimum atomic E-state index is 1.09. The Morgan fingerprint density at radius 3 is 2.62 bits per heavy atom. The molecule has 0 atom stereocenters. The molecule has 2 aromatic carbocycles. The van der Waals surface area contributed by atoms with E-state index in [0.29, 0.717) is 0 Å². The van der Waals surface area contributed by atoms with E-state index >= 15 is 0 Å². The van der Waals surface area contributed by atoms with Crippen LogP contribution in [0.3, 0.4) is 0 Å². The maximum absolute atomic E-state index is 4.74. The first kappa shape index (κ1) is 9.34. The van der Waals surface area contributed by atoms with Crippen molar-refractivity contribution in [3.63, 3.8) is 0 Å². The summed E-state index contributed by atoms with van der Waals surface area (Å²) in [7, 11) is 0. The van der Waals surface area contributed by atoms with Gasteiger partial charge in [-0.2, -0.15) is 0 Å². The third-order valence-corrected chi connectivity index (χ3v) is 3.00. The fourth-order valence-electron chi connectivity index (χ4n) is 2.11. The SMILES string of the molecule is Cc1ccc2cc3cccc(C)c3nc2c1. The van der Waals surface area contributed by atoms with E-state index in [1.807, 2.05) is 0 Å². The van der Waals surface area contributed by atoms with E-state index in [1.165, 1.54) is 21.9 Å². The number of aromatic nitrogens is 1. The monoisotopic (exact) mass is 207 g/mol. The van der Waals surface area contributed by atoms with E-state index in [2.05, 4.69) is 56.3 Å². The highest BCUT2D eigenvalue weighted by atomic mass is 14.7. The van der Waals surface area contributed by atoms with Gasteiger partial charge in [-0.1, -0.05) is 30.3 Å². The standard InChI is InChI=1S/C15H13N/c1-10-6-7-12-9-13-5-3-4-11(2)15(13)16-14(12)8-10/h3-9H,1-2H3. The molecule has 1 aromatic heterocycles. The Morgan fingerprint density at radius 2 is 1.75 bits per heavy atom. The Kier molecular flexibility index (Phi) is 1.93. The highest BCUT2D eigenvalue weighted by Gasteiger charge is 2.01. The molecule has 0 amide bonds. The summed E-state index contributed by atoms with van der Waals surface area (Å²) in [4.78, 5) is 4.74. The third kappa shape index (κ3) is 1.36. The summed E-state index contributed by atoms with van der Waals surface area (Å²) in [6.07, 6.45) is 0. The fraction of sp³-hybridized carbons (Fsp3) is 0.133. The van der Waals surface area contributed by atoms with Gasteiger partial charge in [0.2, 0.25) is 0 Å². The van der Waals surface area contributed by atoms with Crippen molar-refractivity contribution in [1.29, 1.82) is 0 Å². The maximum Gasteiger partial charge on any atom is 0.0738 e. The molecule has 0 radical (unpaired) electrons. The van der Waals surface area contributed by atoms with Crippen LogP contribution in [0, 0.1) is 13.8 Å². The quantitative estimate of drug-likeness (QED) is 0.508. The number of aryl methyl sites for hydroxylation is 2. The van der Waals surface area contributed by atoms with Gasteiger partial charge in [-0.05, 0) is 37.1 Å². The van der Waals surface area contributed by atoms with Gasteiger partial charge in [0.15, 0.2) is 0 Å². The Hall–Kier alpha value is -1.89. The Labute approximate surface area is 94.7 Å². The van der Waals surface area contributed by atoms with E-state index in [4.69, 9.17) is 4.98 Å². The van der Waals surface area contributed by atoms with Gasteiger partial charge in [-0.15, -0.1) is 0 Å². The van der Waals surface area contributed by atoms with Crippen molar-refractivity contribution in [2.75, 3.05) is 0 Å². The molecule has 0 N–H and O–H groups in total. The van der Waals surface area contributed by atoms with Gasteiger partial charge in [-0.25, -0.2) is 4.98 Å². The zero-order valence-electron chi connectivity index (χ0n) is 9.49. The number of rotatable bonds is 0. The fourth-order valence-corrected chi connectivity index (χ4v) is 2.11. The predicted molar refractivity (Wildman–Crippen MR) is 68.7 cm³/mol. The first-order valence-corrected chi connectivity index (χ1v) is 5.51. The van der Waals surface area contributed by atoms with E-state index in [9.17, 15) is 0 Å². The second-order valence-electron chi connectivity index (χ2n) is 4.33. The molecule has 0 bridgehead atoms. The summed E-state index contributed by atoms with van der Waals surface area (Å²) in [6.45, 7) is 4.21. The largest absolute Gasteiger partial charge is 0.248 e. The lowest BCUT2D eigenvalue weighted by atomic mass is 10.1. The molecule has 0 unspecified atom stereocenters. The normalized spacial score (nSPS) is 11.1. The molecule has 0 spiro atoms. The molecule has 1 heterocycles. The van der Waals surface area contributed by atoms with Crippen LogP contribution < -0.4 is 0 Å². The molecular formula is C15H13N. The average Bonchev–Trinajstić information content (AvgIpc) is 2.28. The van der Waals surface area contributed by atoms with Crippen LogP contribution in [0.4, 0.5) is 0 Å². The second-order valence-corrected chi connectivity index (χ2v) is 4.33. The summed E-state index contributed by atoms with van der Waals surface area (Å²) in [5.74, 6) is 0. The number of hydrogen-bond acceptors (Lipinski definition) is 1. The van der Waals surface area contributed by atoms with Crippen molar-refractivity contribution in [3.05, 3.63) is 53.6 Å². The van der Waals surface area contributed by atoms with Crippen molar-refractivity contribution in [3.8, 4) is 0 Å². The van der Waals surface area contributed by atoms with E-state index in [0.717, 1.165) is 11.0 Å². The summed E-state index contributed by atoms with van der Waals surface area (Å²) in [5, 5.41) is 2.43. The van der Waals surface area contributed by atoms with Gasteiger partial charge in [0.1, 0.15) is 0 Å². The molecular weight excluding hydrogens is 194 g/mol. The highest BCUT2D eigenvalue weighted by Crippen LogP contribution is 2.22.